The molecule has 0 amide bonds. The third kappa shape index (κ3) is 5.44. The molecule has 0 unspecified atom stereocenters. The van der Waals surface area contributed by atoms with Crippen molar-refractivity contribution in [3.05, 3.63) is 103 Å². The monoisotopic (exact) mass is 494 g/mol. The Morgan fingerprint density at radius 3 is 2.46 bits per heavy atom. The molecule has 0 spiro atoms. The van der Waals surface area contributed by atoms with Crippen molar-refractivity contribution in [3.8, 4) is 28.5 Å². The summed E-state index contributed by atoms with van der Waals surface area (Å²) in [5.41, 5.74) is 10.5. The summed E-state index contributed by atoms with van der Waals surface area (Å²) in [6, 6.07) is 24.5. The second-order valence-electron chi connectivity index (χ2n) is 8.69. The number of fused-ring (bicyclic) bond motifs is 1. The van der Waals surface area contributed by atoms with Crippen molar-refractivity contribution in [2.75, 3.05) is 7.11 Å². The lowest BCUT2D eigenvalue weighted by atomic mass is 10.0. The van der Waals surface area contributed by atoms with E-state index in [0.717, 1.165) is 39.0 Å². The molecule has 0 fully saturated rings. The molecule has 0 aliphatic rings. The summed E-state index contributed by atoms with van der Waals surface area (Å²) in [6.07, 6.45) is 3.71. The minimum absolute atomic E-state index is 0.245. The molecule has 5 rings (SSSR count). The summed E-state index contributed by atoms with van der Waals surface area (Å²) < 4.78 is 13.5. The highest BCUT2D eigenvalue weighted by Gasteiger charge is 2.14. The second-order valence-corrected chi connectivity index (χ2v) is 8.69. The Morgan fingerprint density at radius 1 is 0.946 bits per heavy atom. The molecule has 0 saturated heterocycles. The highest BCUT2D eigenvalue weighted by Crippen LogP contribution is 2.29. The van der Waals surface area contributed by atoms with E-state index in [1.807, 2.05) is 36.5 Å². The van der Waals surface area contributed by atoms with Crippen LogP contribution in [0, 0.1) is 0 Å². The molecule has 2 aromatic heterocycles. The van der Waals surface area contributed by atoms with Crippen LogP contribution in [0.4, 0.5) is 0 Å². The van der Waals surface area contributed by atoms with E-state index in [0.29, 0.717) is 18.2 Å². The van der Waals surface area contributed by atoms with E-state index in [1.54, 1.807) is 31.4 Å². The van der Waals surface area contributed by atoms with Crippen LogP contribution in [0.1, 0.15) is 11.1 Å². The van der Waals surface area contributed by atoms with Crippen LogP contribution in [0.5, 0.6) is 17.4 Å². The molecule has 5 aromatic rings. The Kier molecular flexibility index (Phi) is 6.83. The SMILES string of the molecule is COc1cccc(-c2cccc(Cn3ccc4c(Oc5ccc(C[C@H](N)C(=O)O)cc5)ncnc43)c2)c1. The Labute approximate surface area is 213 Å². The number of benzene rings is 3. The van der Waals surface area contributed by atoms with Gasteiger partial charge in [0, 0.05) is 12.7 Å². The summed E-state index contributed by atoms with van der Waals surface area (Å²) in [5.74, 6) is 0.831. The molecule has 0 saturated carbocycles. The third-order valence-corrected chi connectivity index (χ3v) is 6.11. The molecule has 0 aliphatic carbocycles. The van der Waals surface area contributed by atoms with E-state index in [9.17, 15) is 4.79 Å². The van der Waals surface area contributed by atoms with Gasteiger partial charge in [-0.15, -0.1) is 0 Å². The van der Waals surface area contributed by atoms with Gasteiger partial charge >= 0.3 is 5.97 Å². The average Bonchev–Trinajstić information content (AvgIpc) is 3.33. The van der Waals surface area contributed by atoms with Gasteiger partial charge in [-0.05, 0) is 65.1 Å². The number of hydrogen-bond acceptors (Lipinski definition) is 6. The number of hydrogen-bond donors (Lipinski definition) is 2. The zero-order valence-electron chi connectivity index (χ0n) is 20.2. The van der Waals surface area contributed by atoms with Crippen molar-refractivity contribution < 1.29 is 19.4 Å². The van der Waals surface area contributed by atoms with Crippen LogP contribution in [-0.4, -0.2) is 38.8 Å². The Hall–Kier alpha value is -4.69. The van der Waals surface area contributed by atoms with Crippen molar-refractivity contribution in [2.24, 2.45) is 5.73 Å². The third-order valence-electron chi connectivity index (χ3n) is 6.11. The number of aromatic nitrogens is 3. The number of methoxy groups -OCH3 is 1. The smallest absolute Gasteiger partial charge is 0.320 e. The number of ether oxygens (including phenoxy) is 2. The highest BCUT2D eigenvalue weighted by atomic mass is 16.5. The van der Waals surface area contributed by atoms with E-state index < -0.39 is 12.0 Å². The topological polar surface area (TPSA) is 112 Å². The maximum absolute atomic E-state index is 11.0. The first-order valence-electron chi connectivity index (χ1n) is 11.8. The predicted octanol–water partition coefficient (Wildman–Crippen LogP) is 4.90. The van der Waals surface area contributed by atoms with Gasteiger partial charge < -0.3 is 24.9 Å². The average molecular weight is 495 g/mol. The maximum Gasteiger partial charge on any atom is 0.320 e. The van der Waals surface area contributed by atoms with Gasteiger partial charge in [-0.2, -0.15) is 0 Å². The largest absolute Gasteiger partial charge is 0.497 e. The highest BCUT2D eigenvalue weighted by molar-refractivity contribution is 5.81. The zero-order chi connectivity index (χ0) is 25.8. The van der Waals surface area contributed by atoms with Gasteiger partial charge in [0.2, 0.25) is 5.88 Å². The molecule has 3 N–H and O–H groups in total. The van der Waals surface area contributed by atoms with Gasteiger partial charge in [-0.1, -0.05) is 42.5 Å². The van der Waals surface area contributed by atoms with E-state index in [1.165, 1.54) is 6.33 Å². The molecule has 37 heavy (non-hydrogen) atoms. The van der Waals surface area contributed by atoms with Crippen molar-refractivity contribution >= 4 is 17.0 Å². The standard InChI is InChI=1S/C29H26N4O4/c1-36-24-7-3-6-22(16-24)21-5-2-4-20(14-21)17-33-13-12-25-27(33)31-18-32-28(25)37-23-10-8-19(9-11-23)15-26(30)29(34)35/h2-14,16,18,26H,15,17,30H2,1H3,(H,34,35)/t26-/m0/s1. The normalized spacial score (nSPS) is 11.8. The number of nitrogens with zero attached hydrogens (tertiary/aromatic N) is 3. The zero-order valence-corrected chi connectivity index (χ0v) is 20.2. The quantitative estimate of drug-likeness (QED) is 0.300. The molecule has 8 heteroatoms. The van der Waals surface area contributed by atoms with E-state index in [4.69, 9.17) is 20.3 Å². The second kappa shape index (κ2) is 10.5. The summed E-state index contributed by atoms with van der Waals surface area (Å²) in [7, 11) is 1.67. The van der Waals surface area contributed by atoms with E-state index >= 15 is 0 Å². The van der Waals surface area contributed by atoms with Crippen LogP contribution in [0.25, 0.3) is 22.2 Å². The van der Waals surface area contributed by atoms with Crippen molar-refractivity contribution in [2.45, 2.75) is 19.0 Å². The van der Waals surface area contributed by atoms with Crippen LogP contribution in [-0.2, 0) is 17.8 Å². The van der Waals surface area contributed by atoms with E-state index in [-0.39, 0.29) is 6.42 Å². The molecule has 3 aromatic carbocycles. The fraction of sp³-hybridized carbons (Fsp3) is 0.138. The molecule has 186 valence electrons. The molecular weight excluding hydrogens is 468 g/mol. The fourth-order valence-electron chi connectivity index (χ4n) is 4.18. The lowest BCUT2D eigenvalue weighted by Crippen LogP contribution is -2.32. The summed E-state index contributed by atoms with van der Waals surface area (Å²) in [5, 5.41) is 9.80. The van der Waals surface area contributed by atoms with Crippen molar-refractivity contribution in [3.63, 3.8) is 0 Å². The molecule has 0 bridgehead atoms. The van der Waals surface area contributed by atoms with Gasteiger partial charge in [0.15, 0.2) is 0 Å². The lowest BCUT2D eigenvalue weighted by molar-refractivity contribution is -0.138. The molecular formula is C29H26N4O4. The number of aliphatic carboxylic acids is 1. The van der Waals surface area contributed by atoms with Crippen LogP contribution in [0.3, 0.4) is 0 Å². The number of carbonyl (C=O) groups is 1. The molecule has 0 aliphatic heterocycles. The Morgan fingerprint density at radius 2 is 1.70 bits per heavy atom. The van der Waals surface area contributed by atoms with E-state index in [2.05, 4.69) is 38.8 Å². The maximum atomic E-state index is 11.0. The molecule has 2 heterocycles. The first-order chi connectivity index (χ1) is 18.0. The summed E-state index contributed by atoms with van der Waals surface area (Å²) >= 11 is 0. The number of carboxylic acid groups (broad SMARTS) is 1. The van der Waals surface area contributed by atoms with Crippen LogP contribution in [0.15, 0.2) is 91.4 Å². The van der Waals surface area contributed by atoms with Gasteiger partial charge in [-0.25, -0.2) is 9.97 Å². The number of carboxylic acids is 1. The van der Waals surface area contributed by atoms with Crippen molar-refractivity contribution in [1.29, 1.82) is 0 Å². The summed E-state index contributed by atoms with van der Waals surface area (Å²) in [4.78, 5) is 19.8. The molecule has 1 atom stereocenters. The summed E-state index contributed by atoms with van der Waals surface area (Å²) in [6.45, 7) is 0.635. The van der Waals surface area contributed by atoms with Gasteiger partial charge in [0.05, 0.1) is 12.5 Å². The predicted molar refractivity (Wildman–Crippen MR) is 141 cm³/mol. The minimum atomic E-state index is -1.03. The van der Waals surface area contributed by atoms with Crippen LogP contribution < -0.4 is 15.2 Å². The van der Waals surface area contributed by atoms with Gasteiger partial charge in [-0.3, -0.25) is 4.79 Å². The molecule has 8 nitrogen and oxygen atoms in total. The van der Waals surface area contributed by atoms with Gasteiger partial charge in [0.25, 0.3) is 0 Å². The lowest BCUT2D eigenvalue weighted by Gasteiger charge is -2.10. The first kappa shape index (κ1) is 24.0. The number of rotatable bonds is 9. The first-order valence-corrected chi connectivity index (χ1v) is 11.8. The Bertz CT molecular complexity index is 1550. The molecule has 0 radical (unpaired) electrons. The van der Waals surface area contributed by atoms with Crippen molar-refractivity contribution in [1.82, 2.24) is 14.5 Å². The fourth-order valence-corrected chi connectivity index (χ4v) is 4.18. The minimum Gasteiger partial charge on any atom is -0.497 e. The van der Waals surface area contributed by atoms with Gasteiger partial charge in [0.1, 0.15) is 29.5 Å². The van der Waals surface area contributed by atoms with Crippen LogP contribution >= 0.6 is 0 Å². The van der Waals surface area contributed by atoms with Crippen LogP contribution in [0.2, 0.25) is 0 Å². The number of nitrogens with two attached hydrogens (primary N) is 1. The Balaban J connectivity index is 1.35.